The number of aromatic amines is 1. The molecular formula is C23H20FN3O. The summed E-state index contributed by atoms with van der Waals surface area (Å²) in [6.07, 6.45) is 1.65. The number of amides is 1. The van der Waals surface area contributed by atoms with E-state index in [1.54, 1.807) is 19.1 Å². The van der Waals surface area contributed by atoms with Crippen molar-refractivity contribution in [3.8, 4) is 0 Å². The number of benzene rings is 3. The van der Waals surface area contributed by atoms with Crippen molar-refractivity contribution >= 4 is 22.6 Å². The maximum absolute atomic E-state index is 13.6. The van der Waals surface area contributed by atoms with Gasteiger partial charge in [-0.3, -0.25) is 4.79 Å². The van der Waals surface area contributed by atoms with Gasteiger partial charge in [-0.2, -0.15) is 0 Å². The first-order chi connectivity index (χ1) is 13.6. The van der Waals surface area contributed by atoms with Gasteiger partial charge in [0.2, 0.25) is 0 Å². The predicted molar refractivity (Wildman–Crippen MR) is 109 cm³/mol. The monoisotopic (exact) mass is 373 g/mol. The summed E-state index contributed by atoms with van der Waals surface area (Å²) in [7, 11) is 0. The predicted octanol–water partition coefficient (Wildman–Crippen LogP) is 5.05. The van der Waals surface area contributed by atoms with E-state index < -0.39 is 0 Å². The Morgan fingerprint density at radius 2 is 1.82 bits per heavy atom. The average molecular weight is 373 g/mol. The maximum atomic E-state index is 13.6. The Balaban J connectivity index is 1.37. The highest BCUT2D eigenvalue weighted by Crippen LogP contribution is 2.16. The van der Waals surface area contributed by atoms with E-state index in [4.69, 9.17) is 0 Å². The van der Waals surface area contributed by atoms with Crippen molar-refractivity contribution in [3.05, 3.63) is 95.1 Å². The van der Waals surface area contributed by atoms with Gasteiger partial charge in [-0.25, -0.2) is 9.37 Å². The van der Waals surface area contributed by atoms with Gasteiger partial charge < -0.3 is 10.3 Å². The smallest absolute Gasteiger partial charge is 0.255 e. The molecule has 1 heterocycles. The number of imidazole rings is 1. The van der Waals surface area contributed by atoms with E-state index in [0.717, 1.165) is 35.3 Å². The number of H-pyrrole nitrogens is 1. The molecule has 4 rings (SSSR count). The van der Waals surface area contributed by atoms with E-state index in [2.05, 4.69) is 15.3 Å². The van der Waals surface area contributed by atoms with Gasteiger partial charge in [0.1, 0.15) is 11.6 Å². The van der Waals surface area contributed by atoms with Gasteiger partial charge in [0.15, 0.2) is 0 Å². The number of carbonyl (C=O) groups excluding carboxylic acids is 1. The second-order valence-corrected chi connectivity index (χ2v) is 6.82. The molecule has 0 atom stereocenters. The molecule has 0 unspecified atom stereocenters. The Labute approximate surface area is 162 Å². The number of hydrogen-bond acceptors (Lipinski definition) is 2. The fourth-order valence-electron chi connectivity index (χ4n) is 3.08. The molecule has 4 aromatic rings. The maximum Gasteiger partial charge on any atom is 0.255 e. The molecule has 0 saturated carbocycles. The van der Waals surface area contributed by atoms with E-state index in [0.29, 0.717) is 16.8 Å². The first kappa shape index (κ1) is 17.9. The number of nitrogens with one attached hydrogen (secondary N) is 2. The van der Waals surface area contributed by atoms with Crippen LogP contribution in [0.5, 0.6) is 0 Å². The second kappa shape index (κ2) is 7.64. The van der Waals surface area contributed by atoms with E-state index in [-0.39, 0.29) is 11.7 Å². The summed E-state index contributed by atoms with van der Waals surface area (Å²) >= 11 is 0. The SMILES string of the molecule is Cc1ccc(C(=O)Nc2ccc(CCc3nc4ccccc4[nH]3)cc2)cc1F. The lowest BCUT2D eigenvalue weighted by Crippen LogP contribution is -2.12. The standard InChI is InChI=1S/C23H20FN3O/c1-15-6-10-17(14-19(15)24)23(28)25-18-11-7-16(8-12-18)9-13-22-26-20-4-2-3-5-21(20)27-22/h2-8,10-12,14H,9,13H2,1H3,(H,25,28)(H,26,27). The number of hydrogen-bond donors (Lipinski definition) is 2. The molecule has 0 saturated heterocycles. The van der Waals surface area contributed by atoms with Crippen molar-refractivity contribution in [2.75, 3.05) is 5.32 Å². The lowest BCUT2D eigenvalue weighted by molar-refractivity contribution is 0.102. The minimum absolute atomic E-state index is 0.303. The molecule has 0 aliphatic carbocycles. The van der Waals surface area contributed by atoms with Gasteiger partial charge in [0.25, 0.3) is 5.91 Å². The van der Waals surface area contributed by atoms with E-state index in [1.807, 2.05) is 48.5 Å². The van der Waals surface area contributed by atoms with Crippen LogP contribution in [0, 0.1) is 12.7 Å². The van der Waals surface area contributed by atoms with Crippen molar-refractivity contribution < 1.29 is 9.18 Å². The molecule has 0 radical (unpaired) electrons. The highest BCUT2D eigenvalue weighted by molar-refractivity contribution is 6.04. The summed E-state index contributed by atoms with van der Waals surface area (Å²) in [6, 6.07) is 20.1. The van der Waals surface area contributed by atoms with Crippen molar-refractivity contribution in [2.24, 2.45) is 0 Å². The van der Waals surface area contributed by atoms with Crippen LogP contribution in [0.25, 0.3) is 11.0 Å². The Bertz CT molecular complexity index is 1100. The molecule has 5 heteroatoms. The van der Waals surface area contributed by atoms with Crippen molar-refractivity contribution in [1.82, 2.24) is 9.97 Å². The molecule has 2 N–H and O–H groups in total. The Morgan fingerprint density at radius 1 is 1.04 bits per heavy atom. The lowest BCUT2D eigenvalue weighted by atomic mass is 10.1. The summed E-state index contributed by atoms with van der Waals surface area (Å²) in [5, 5.41) is 2.80. The van der Waals surface area contributed by atoms with E-state index in [1.165, 1.54) is 6.07 Å². The highest BCUT2D eigenvalue weighted by atomic mass is 19.1. The van der Waals surface area contributed by atoms with Crippen molar-refractivity contribution in [1.29, 1.82) is 0 Å². The van der Waals surface area contributed by atoms with Crippen LogP contribution in [-0.2, 0) is 12.8 Å². The van der Waals surface area contributed by atoms with Crippen molar-refractivity contribution in [3.63, 3.8) is 0 Å². The van der Waals surface area contributed by atoms with Crippen LogP contribution in [0.2, 0.25) is 0 Å². The van der Waals surface area contributed by atoms with Crippen LogP contribution >= 0.6 is 0 Å². The Kier molecular flexibility index (Phi) is 4.89. The van der Waals surface area contributed by atoms with Crippen LogP contribution < -0.4 is 5.32 Å². The molecular weight excluding hydrogens is 353 g/mol. The van der Waals surface area contributed by atoms with Gasteiger partial charge in [-0.05, 0) is 60.9 Å². The summed E-state index contributed by atoms with van der Waals surface area (Å²) in [5.74, 6) is 0.252. The Morgan fingerprint density at radius 3 is 2.57 bits per heavy atom. The molecule has 0 fully saturated rings. The van der Waals surface area contributed by atoms with Crippen LogP contribution in [0.1, 0.15) is 27.3 Å². The molecule has 0 spiro atoms. The number of rotatable bonds is 5. The molecule has 28 heavy (non-hydrogen) atoms. The number of halogens is 1. The van der Waals surface area contributed by atoms with Crippen molar-refractivity contribution in [2.45, 2.75) is 19.8 Å². The number of nitrogens with zero attached hydrogens (tertiary/aromatic N) is 1. The fourth-order valence-corrected chi connectivity index (χ4v) is 3.08. The molecule has 3 aromatic carbocycles. The molecule has 0 bridgehead atoms. The zero-order valence-electron chi connectivity index (χ0n) is 15.5. The molecule has 0 aliphatic rings. The quantitative estimate of drug-likeness (QED) is 0.514. The van der Waals surface area contributed by atoms with Gasteiger partial charge >= 0.3 is 0 Å². The third-order valence-electron chi connectivity index (χ3n) is 4.73. The molecule has 1 amide bonds. The number of fused-ring (bicyclic) bond motifs is 1. The molecule has 1 aromatic heterocycles. The first-order valence-corrected chi connectivity index (χ1v) is 9.18. The first-order valence-electron chi connectivity index (χ1n) is 9.18. The third-order valence-corrected chi connectivity index (χ3v) is 4.73. The minimum atomic E-state index is -0.381. The molecule has 140 valence electrons. The molecule has 4 nitrogen and oxygen atoms in total. The van der Waals surface area contributed by atoms with Crippen LogP contribution in [0.15, 0.2) is 66.7 Å². The number of para-hydroxylation sites is 2. The zero-order valence-corrected chi connectivity index (χ0v) is 15.5. The molecule has 0 aliphatic heterocycles. The van der Waals surface area contributed by atoms with Crippen LogP contribution in [0.3, 0.4) is 0 Å². The third kappa shape index (κ3) is 3.93. The summed E-state index contributed by atoms with van der Waals surface area (Å²) in [6.45, 7) is 1.67. The minimum Gasteiger partial charge on any atom is -0.342 e. The number of aromatic nitrogens is 2. The largest absolute Gasteiger partial charge is 0.342 e. The van der Waals surface area contributed by atoms with Crippen LogP contribution in [0.4, 0.5) is 10.1 Å². The number of carbonyl (C=O) groups is 1. The van der Waals surface area contributed by atoms with Gasteiger partial charge in [0.05, 0.1) is 11.0 Å². The summed E-state index contributed by atoms with van der Waals surface area (Å²) in [4.78, 5) is 20.2. The van der Waals surface area contributed by atoms with E-state index in [9.17, 15) is 9.18 Å². The van der Waals surface area contributed by atoms with E-state index >= 15 is 0 Å². The van der Waals surface area contributed by atoms with Gasteiger partial charge in [-0.1, -0.05) is 30.3 Å². The van der Waals surface area contributed by atoms with Gasteiger partial charge in [0, 0.05) is 17.7 Å². The lowest BCUT2D eigenvalue weighted by Gasteiger charge is -2.07. The fraction of sp³-hybridized carbons (Fsp3) is 0.130. The highest BCUT2D eigenvalue weighted by Gasteiger charge is 2.09. The van der Waals surface area contributed by atoms with Crippen LogP contribution in [-0.4, -0.2) is 15.9 Å². The Hall–Kier alpha value is -3.47. The van der Waals surface area contributed by atoms with Gasteiger partial charge in [-0.15, -0.1) is 0 Å². The summed E-state index contributed by atoms with van der Waals surface area (Å²) < 4.78 is 13.6. The zero-order chi connectivity index (χ0) is 19.5. The normalized spacial score (nSPS) is 10.9. The second-order valence-electron chi connectivity index (χ2n) is 6.82. The number of anilines is 1. The topological polar surface area (TPSA) is 57.8 Å². The average Bonchev–Trinajstić information content (AvgIpc) is 3.12. The number of aryl methyl sites for hydroxylation is 3. The summed E-state index contributed by atoms with van der Waals surface area (Å²) in [5.41, 5.74) is 4.67.